The van der Waals surface area contributed by atoms with E-state index in [1.54, 1.807) is 5.56 Å². The summed E-state index contributed by atoms with van der Waals surface area (Å²) >= 11 is 0. The fourth-order valence-electron chi connectivity index (χ4n) is 6.34. The summed E-state index contributed by atoms with van der Waals surface area (Å²) < 4.78 is 2.66. The summed E-state index contributed by atoms with van der Waals surface area (Å²) in [6.45, 7) is 4.02. The van der Waals surface area contributed by atoms with Crippen LogP contribution in [0, 0.1) is 6.92 Å². The highest BCUT2D eigenvalue weighted by Crippen LogP contribution is 2.41. The number of nitrogens with zero attached hydrogens (tertiary/aromatic N) is 1. The van der Waals surface area contributed by atoms with Crippen molar-refractivity contribution in [1.29, 1.82) is 0 Å². The molecule has 2 atom stereocenters. The molecule has 2 unspecified atom stereocenters. The highest BCUT2D eigenvalue weighted by molar-refractivity contribution is 5.89. The van der Waals surface area contributed by atoms with Crippen LogP contribution in [0.25, 0.3) is 22.0 Å². The number of hydrogen-bond donors (Lipinski definition) is 2. The number of aryl methyl sites for hydroxylation is 1. The third kappa shape index (κ3) is 5.05. The van der Waals surface area contributed by atoms with Crippen LogP contribution in [-0.4, -0.2) is 23.7 Å². The van der Waals surface area contributed by atoms with E-state index in [-0.39, 0.29) is 0 Å². The van der Waals surface area contributed by atoms with Gasteiger partial charge in [0.05, 0.1) is 0 Å². The first-order valence-corrected chi connectivity index (χ1v) is 13.4. The van der Waals surface area contributed by atoms with Crippen molar-refractivity contribution < 1.29 is 0 Å². The molecule has 5 rings (SSSR count). The van der Waals surface area contributed by atoms with Gasteiger partial charge in [0, 0.05) is 29.2 Å². The minimum absolute atomic E-state index is 0.628. The lowest BCUT2D eigenvalue weighted by Gasteiger charge is -2.30. The van der Waals surface area contributed by atoms with E-state index in [1.165, 1.54) is 85.4 Å². The summed E-state index contributed by atoms with van der Waals surface area (Å²) in [6.07, 6.45) is 15.6. The van der Waals surface area contributed by atoms with Gasteiger partial charge < -0.3 is 15.6 Å². The van der Waals surface area contributed by atoms with Crippen LogP contribution < -0.4 is 11.1 Å². The van der Waals surface area contributed by atoms with Crippen LogP contribution in [0.2, 0.25) is 0 Å². The number of rotatable bonds is 7. The molecule has 1 aromatic heterocycles. The summed E-state index contributed by atoms with van der Waals surface area (Å²) in [4.78, 5) is 0. The van der Waals surface area contributed by atoms with Gasteiger partial charge in [0.1, 0.15) is 0 Å². The number of benzene rings is 2. The predicted molar refractivity (Wildman–Crippen MR) is 141 cm³/mol. The minimum Gasteiger partial charge on any atom is -0.344 e. The number of aromatic nitrogens is 1. The van der Waals surface area contributed by atoms with Crippen LogP contribution >= 0.6 is 0 Å². The second-order valence-corrected chi connectivity index (χ2v) is 10.5. The summed E-state index contributed by atoms with van der Waals surface area (Å²) in [7, 11) is 0. The zero-order valence-electron chi connectivity index (χ0n) is 20.4. The molecular formula is C30H41N3. The largest absolute Gasteiger partial charge is 0.344 e. The van der Waals surface area contributed by atoms with Crippen LogP contribution in [0.3, 0.4) is 0 Å². The van der Waals surface area contributed by atoms with Crippen molar-refractivity contribution in [3.63, 3.8) is 0 Å². The summed E-state index contributed by atoms with van der Waals surface area (Å²) in [5, 5.41) is 5.29. The summed E-state index contributed by atoms with van der Waals surface area (Å²) in [6, 6.07) is 17.5. The molecular weight excluding hydrogens is 402 g/mol. The van der Waals surface area contributed by atoms with Crippen molar-refractivity contribution in [2.45, 2.75) is 89.1 Å². The van der Waals surface area contributed by atoms with Gasteiger partial charge in [0.25, 0.3) is 0 Å². The van der Waals surface area contributed by atoms with Crippen LogP contribution in [0.15, 0.2) is 48.7 Å². The molecule has 0 spiro atoms. The third-order valence-electron chi connectivity index (χ3n) is 8.11. The Morgan fingerprint density at radius 3 is 2.61 bits per heavy atom. The van der Waals surface area contributed by atoms with Crippen molar-refractivity contribution in [3.05, 3.63) is 59.8 Å². The van der Waals surface area contributed by atoms with Crippen molar-refractivity contribution in [3.8, 4) is 11.1 Å². The quantitative estimate of drug-likeness (QED) is 0.383. The zero-order chi connectivity index (χ0) is 22.6. The van der Waals surface area contributed by atoms with Crippen LogP contribution in [-0.2, 0) is 0 Å². The van der Waals surface area contributed by atoms with Gasteiger partial charge in [-0.2, -0.15) is 0 Å². The van der Waals surface area contributed by atoms with Gasteiger partial charge in [0.15, 0.2) is 0 Å². The Bertz CT molecular complexity index is 1060. The minimum atomic E-state index is 0.628. The average Bonchev–Trinajstić information content (AvgIpc) is 3.24. The Kier molecular flexibility index (Phi) is 7.18. The molecule has 0 aliphatic heterocycles. The molecule has 2 fully saturated rings. The molecule has 2 aliphatic carbocycles. The molecule has 2 aromatic carbocycles. The van der Waals surface area contributed by atoms with E-state index in [9.17, 15) is 0 Å². The van der Waals surface area contributed by atoms with Gasteiger partial charge in [-0.25, -0.2) is 0 Å². The van der Waals surface area contributed by atoms with Gasteiger partial charge in [-0.3, -0.25) is 0 Å². The fraction of sp³-hybridized carbons (Fsp3) is 0.533. The Morgan fingerprint density at radius 2 is 1.79 bits per heavy atom. The van der Waals surface area contributed by atoms with Gasteiger partial charge in [-0.15, -0.1) is 0 Å². The number of nitrogens with two attached hydrogens (primary N) is 1. The highest BCUT2D eigenvalue weighted by Gasteiger charge is 2.27. The van der Waals surface area contributed by atoms with E-state index in [0.29, 0.717) is 18.0 Å². The standard InChI is InChI=1S/C30H41N3/c1-22-8-5-9-23(18-22)24-14-15-30-28(20-24)29(21-33(30)27-12-3-2-4-13-27)25-10-6-11-26(19-25)32-17-7-16-31/h5,8-9,14-15,18,20-21,25-27,32H,2-4,6-7,10-13,16-17,19,31H2,1H3. The second-order valence-electron chi connectivity index (χ2n) is 10.5. The van der Waals surface area contributed by atoms with Crippen LogP contribution in [0.1, 0.15) is 87.3 Å². The maximum atomic E-state index is 5.73. The molecule has 0 amide bonds. The lowest BCUT2D eigenvalue weighted by molar-refractivity contribution is 0.337. The molecule has 1 heterocycles. The average molecular weight is 444 g/mol. The molecule has 3 heteroatoms. The van der Waals surface area contributed by atoms with Gasteiger partial charge in [-0.1, -0.05) is 61.6 Å². The number of fused-ring (bicyclic) bond motifs is 1. The molecule has 0 bridgehead atoms. The monoisotopic (exact) mass is 443 g/mol. The maximum Gasteiger partial charge on any atom is 0.0486 e. The van der Waals surface area contributed by atoms with E-state index in [0.717, 1.165) is 19.5 Å². The van der Waals surface area contributed by atoms with E-state index in [4.69, 9.17) is 5.73 Å². The Hall–Kier alpha value is -2.10. The number of hydrogen-bond acceptors (Lipinski definition) is 2. The van der Waals surface area contributed by atoms with Crippen molar-refractivity contribution in [1.82, 2.24) is 9.88 Å². The van der Waals surface area contributed by atoms with Crippen molar-refractivity contribution in [2.75, 3.05) is 13.1 Å². The van der Waals surface area contributed by atoms with Crippen LogP contribution in [0.5, 0.6) is 0 Å². The summed E-state index contributed by atoms with van der Waals surface area (Å²) in [5.41, 5.74) is 12.8. The first-order valence-electron chi connectivity index (χ1n) is 13.4. The van der Waals surface area contributed by atoms with Crippen molar-refractivity contribution in [2.24, 2.45) is 5.73 Å². The fourth-order valence-corrected chi connectivity index (χ4v) is 6.34. The van der Waals surface area contributed by atoms with E-state index in [1.807, 2.05) is 0 Å². The zero-order valence-corrected chi connectivity index (χ0v) is 20.4. The maximum absolute atomic E-state index is 5.73. The van der Waals surface area contributed by atoms with E-state index >= 15 is 0 Å². The Labute approximate surface area is 199 Å². The summed E-state index contributed by atoms with van der Waals surface area (Å²) in [5.74, 6) is 0.647. The molecule has 2 saturated carbocycles. The van der Waals surface area contributed by atoms with Crippen LogP contribution in [0.4, 0.5) is 0 Å². The van der Waals surface area contributed by atoms with Gasteiger partial charge >= 0.3 is 0 Å². The molecule has 3 aromatic rings. The molecule has 2 aliphatic rings. The first-order chi connectivity index (χ1) is 16.2. The van der Waals surface area contributed by atoms with Crippen molar-refractivity contribution >= 4 is 10.9 Å². The molecule has 33 heavy (non-hydrogen) atoms. The molecule has 3 N–H and O–H groups in total. The molecule has 3 nitrogen and oxygen atoms in total. The van der Waals surface area contributed by atoms with E-state index in [2.05, 4.69) is 65.5 Å². The predicted octanol–water partition coefficient (Wildman–Crippen LogP) is 7.09. The molecule has 176 valence electrons. The normalized spacial score (nSPS) is 22.1. The third-order valence-corrected chi connectivity index (χ3v) is 8.11. The second kappa shape index (κ2) is 10.4. The van der Waals surface area contributed by atoms with Gasteiger partial charge in [0.2, 0.25) is 0 Å². The lowest BCUT2D eigenvalue weighted by Crippen LogP contribution is -2.34. The Morgan fingerprint density at radius 1 is 0.939 bits per heavy atom. The molecule has 0 saturated heterocycles. The Balaban J connectivity index is 1.52. The lowest BCUT2D eigenvalue weighted by atomic mass is 9.81. The topological polar surface area (TPSA) is 43.0 Å². The van der Waals surface area contributed by atoms with E-state index < -0.39 is 0 Å². The molecule has 0 radical (unpaired) electrons. The smallest absolute Gasteiger partial charge is 0.0486 e. The highest BCUT2D eigenvalue weighted by atomic mass is 15.0. The number of nitrogens with one attached hydrogen (secondary N) is 1. The SMILES string of the molecule is Cc1cccc(-c2ccc3c(c2)c(C2CCCC(NCCCN)C2)cn3C2CCCCC2)c1. The first kappa shape index (κ1) is 22.7. The van der Waals surface area contributed by atoms with Gasteiger partial charge in [-0.05, 0) is 93.3 Å².